The Morgan fingerprint density at radius 1 is 1.36 bits per heavy atom. The molecule has 0 unspecified atom stereocenters. The average Bonchev–Trinajstić information content (AvgIpc) is 2.52. The third kappa shape index (κ3) is 1.91. The normalized spacial score (nSPS) is 22.5. The molecule has 3 nitrogen and oxygen atoms in total. The standard InChI is InChI=1S/C9H13F2N3/c1-6-12-8(14-13-6)7-2-4-9(10,11)5-3-7/h7H,2-5H2,1H3,(H,12,13,14). The number of aromatic amines is 1. The second kappa shape index (κ2) is 3.29. The lowest BCUT2D eigenvalue weighted by atomic mass is 9.86. The lowest BCUT2D eigenvalue weighted by molar-refractivity contribution is -0.0387. The number of aryl methyl sites for hydroxylation is 1. The maximum atomic E-state index is 12.9. The second-order valence-corrected chi connectivity index (χ2v) is 3.91. The summed E-state index contributed by atoms with van der Waals surface area (Å²) < 4.78 is 25.7. The van der Waals surface area contributed by atoms with Gasteiger partial charge < -0.3 is 0 Å². The van der Waals surface area contributed by atoms with Crippen LogP contribution in [0, 0.1) is 6.92 Å². The van der Waals surface area contributed by atoms with Crippen LogP contribution in [-0.2, 0) is 0 Å². The van der Waals surface area contributed by atoms with Gasteiger partial charge in [0, 0.05) is 18.8 Å². The van der Waals surface area contributed by atoms with Gasteiger partial charge >= 0.3 is 0 Å². The van der Waals surface area contributed by atoms with E-state index in [2.05, 4.69) is 15.2 Å². The summed E-state index contributed by atoms with van der Waals surface area (Å²) in [6.45, 7) is 1.81. The van der Waals surface area contributed by atoms with Crippen LogP contribution in [0.4, 0.5) is 8.78 Å². The van der Waals surface area contributed by atoms with Crippen molar-refractivity contribution < 1.29 is 8.78 Å². The van der Waals surface area contributed by atoms with Gasteiger partial charge in [-0.15, -0.1) is 0 Å². The summed E-state index contributed by atoms with van der Waals surface area (Å²) in [6, 6.07) is 0. The molecular weight excluding hydrogens is 188 g/mol. The van der Waals surface area contributed by atoms with E-state index in [0.29, 0.717) is 18.7 Å². The minimum atomic E-state index is -2.47. The first-order chi connectivity index (χ1) is 6.57. The quantitative estimate of drug-likeness (QED) is 0.758. The highest BCUT2D eigenvalue weighted by Crippen LogP contribution is 2.39. The minimum Gasteiger partial charge on any atom is -0.263 e. The molecule has 0 spiro atoms. The number of rotatable bonds is 1. The van der Waals surface area contributed by atoms with Gasteiger partial charge in [0.25, 0.3) is 0 Å². The maximum Gasteiger partial charge on any atom is 0.248 e. The molecular formula is C9H13F2N3. The van der Waals surface area contributed by atoms with E-state index in [1.807, 2.05) is 6.92 Å². The van der Waals surface area contributed by atoms with Gasteiger partial charge in [-0.3, -0.25) is 5.10 Å². The molecule has 0 saturated heterocycles. The molecule has 0 bridgehead atoms. The summed E-state index contributed by atoms with van der Waals surface area (Å²) >= 11 is 0. The highest BCUT2D eigenvalue weighted by atomic mass is 19.3. The number of nitrogens with zero attached hydrogens (tertiary/aromatic N) is 2. The first-order valence-electron chi connectivity index (χ1n) is 4.83. The van der Waals surface area contributed by atoms with Crippen LogP contribution in [0.1, 0.15) is 43.3 Å². The van der Waals surface area contributed by atoms with E-state index in [4.69, 9.17) is 0 Å². The van der Waals surface area contributed by atoms with Gasteiger partial charge in [0.05, 0.1) is 0 Å². The Kier molecular flexibility index (Phi) is 2.25. The van der Waals surface area contributed by atoms with Crippen molar-refractivity contribution in [1.29, 1.82) is 0 Å². The lowest BCUT2D eigenvalue weighted by Crippen LogP contribution is -2.24. The number of H-pyrrole nitrogens is 1. The summed E-state index contributed by atoms with van der Waals surface area (Å²) in [5.74, 6) is -0.920. The van der Waals surface area contributed by atoms with E-state index in [1.54, 1.807) is 0 Å². The smallest absolute Gasteiger partial charge is 0.248 e. The van der Waals surface area contributed by atoms with Crippen LogP contribution in [0.5, 0.6) is 0 Å². The van der Waals surface area contributed by atoms with Crippen LogP contribution in [0.3, 0.4) is 0 Å². The molecule has 1 aromatic rings. The van der Waals surface area contributed by atoms with Gasteiger partial charge in [-0.1, -0.05) is 0 Å². The van der Waals surface area contributed by atoms with Crippen molar-refractivity contribution in [2.75, 3.05) is 0 Å². The summed E-state index contributed by atoms with van der Waals surface area (Å²) in [7, 11) is 0. The Labute approximate surface area is 80.9 Å². The molecule has 1 aliphatic rings. The number of nitrogens with one attached hydrogen (secondary N) is 1. The number of alkyl halides is 2. The molecule has 0 aromatic carbocycles. The van der Waals surface area contributed by atoms with E-state index in [0.717, 1.165) is 5.82 Å². The Hall–Kier alpha value is -1.00. The van der Waals surface area contributed by atoms with E-state index in [-0.39, 0.29) is 18.8 Å². The van der Waals surface area contributed by atoms with Gasteiger partial charge in [0.15, 0.2) is 5.82 Å². The summed E-state index contributed by atoms with van der Waals surface area (Å²) in [5.41, 5.74) is 0. The molecule has 0 aliphatic heterocycles. The topological polar surface area (TPSA) is 41.6 Å². The first-order valence-corrected chi connectivity index (χ1v) is 4.83. The van der Waals surface area contributed by atoms with Crippen LogP contribution in [0.2, 0.25) is 0 Å². The van der Waals surface area contributed by atoms with E-state index in [1.165, 1.54) is 0 Å². The number of hydrogen-bond donors (Lipinski definition) is 1. The molecule has 0 radical (unpaired) electrons. The zero-order valence-corrected chi connectivity index (χ0v) is 8.06. The SMILES string of the molecule is Cc1nc(C2CCC(F)(F)CC2)n[nH]1. The fraction of sp³-hybridized carbons (Fsp3) is 0.778. The third-order valence-electron chi connectivity index (χ3n) is 2.70. The van der Waals surface area contributed by atoms with E-state index >= 15 is 0 Å². The molecule has 1 N–H and O–H groups in total. The monoisotopic (exact) mass is 201 g/mol. The van der Waals surface area contributed by atoms with Crippen LogP contribution in [0.15, 0.2) is 0 Å². The first kappa shape index (κ1) is 9.55. The van der Waals surface area contributed by atoms with Gasteiger partial charge in [0.2, 0.25) is 5.92 Å². The van der Waals surface area contributed by atoms with Crippen molar-refractivity contribution >= 4 is 0 Å². The average molecular weight is 201 g/mol. The number of halogens is 2. The lowest BCUT2D eigenvalue weighted by Gasteiger charge is -2.26. The highest BCUT2D eigenvalue weighted by Gasteiger charge is 2.36. The molecule has 1 aromatic heterocycles. The molecule has 5 heteroatoms. The summed E-state index contributed by atoms with van der Waals surface area (Å²) in [5, 5.41) is 6.74. The zero-order chi connectivity index (χ0) is 10.2. The summed E-state index contributed by atoms with van der Waals surface area (Å²) in [6.07, 6.45) is 0.908. The Bertz CT molecular complexity index is 312. The fourth-order valence-electron chi connectivity index (χ4n) is 1.84. The molecule has 78 valence electrons. The van der Waals surface area contributed by atoms with Crippen molar-refractivity contribution in [2.45, 2.75) is 44.4 Å². The molecule has 0 atom stereocenters. The zero-order valence-electron chi connectivity index (χ0n) is 8.06. The van der Waals surface area contributed by atoms with Crippen LogP contribution in [0.25, 0.3) is 0 Å². The van der Waals surface area contributed by atoms with Gasteiger partial charge in [-0.2, -0.15) is 5.10 Å². The minimum absolute atomic E-state index is 0.0365. The number of aromatic nitrogens is 3. The Morgan fingerprint density at radius 3 is 2.50 bits per heavy atom. The summed E-state index contributed by atoms with van der Waals surface area (Å²) in [4.78, 5) is 4.17. The van der Waals surface area contributed by atoms with Gasteiger partial charge in [-0.05, 0) is 19.8 Å². The predicted molar refractivity (Wildman–Crippen MR) is 47.3 cm³/mol. The molecule has 1 aliphatic carbocycles. The fourth-order valence-corrected chi connectivity index (χ4v) is 1.84. The third-order valence-corrected chi connectivity index (χ3v) is 2.70. The van der Waals surface area contributed by atoms with Crippen molar-refractivity contribution in [3.05, 3.63) is 11.6 Å². The van der Waals surface area contributed by atoms with Crippen LogP contribution in [-0.4, -0.2) is 21.1 Å². The molecule has 14 heavy (non-hydrogen) atoms. The van der Waals surface area contributed by atoms with Crippen molar-refractivity contribution in [2.24, 2.45) is 0 Å². The Morgan fingerprint density at radius 2 is 2.00 bits per heavy atom. The molecule has 2 rings (SSSR count). The van der Waals surface area contributed by atoms with Crippen LogP contribution >= 0.6 is 0 Å². The molecule has 0 amide bonds. The second-order valence-electron chi connectivity index (χ2n) is 3.91. The van der Waals surface area contributed by atoms with Crippen molar-refractivity contribution in [3.63, 3.8) is 0 Å². The maximum absolute atomic E-state index is 12.9. The Balaban J connectivity index is 2.02. The van der Waals surface area contributed by atoms with Gasteiger partial charge in [-0.25, -0.2) is 13.8 Å². The van der Waals surface area contributed by atoms with Crippen molar-refractivity contribution in [3.8, 4) is 0 Å². The largest absolute Gasteiger partial charge is 0.263 e. The van der Waals surface area contributed by atoms with Crippen molar-refractivity contribution in [1.82, 2.24) is 15.2 Å². The number of hydrogen-bond acceptors (Lipinski definition) is 2. The molecule has 1 heterocycles. The van der Waals surface area contributed by atoms with E-state index in [9.17, 15) is 8.78 Å². The van der Waals surface area contributed by atoms with Crippen LogP contribution < -0.4 is 0 Å². The van der Waals surface area contributed by atoms with Gasteiger partial charge in [0.1, 0.15) is 5.82 Å². The predicted octanol–water partition coefficient (Wildman–Crippen LogP) is 2.41. The molecule has 1 fully saturated rings. The molecule has 1 saturated carbocycles. The van der Waals surface area contributed by atoms with E-state index < -0.39 is 5.92 Å². The highest BCUT2D eigenvalue weighted by molar-refractivity contribution is 4.99.